The van der Waals surface area contributed by atoms with Crippen molar-refractivity contribution in [1.29, 1.82) is 0 Å². The monoisotopic (exact) mass is 327 g/mol. The van der Waals surface area contributed by atoms with Crippen molar-refractivity contribution >= 4 is 16.9 Å². The minimum absolute atomic E-state index is 0.129. The van der Waals surface area contributed by atoms with E-state index in [0.29, 0.717) is 5.82 Å². The van der Waals surface area contributed by atoms with E-state index in [1.807, 2.05) is 12.1 Å². The highest BCUT2D eigenvalue weighted by atomic mass is 19.1. The molecule has 4 rings (SSSR count). The number of fused-ring (bicyclic) bond motifs is 1. The van der Waals surface area contributed by atoms with Gasteiger partial charge in [-0.15, -0.1) is 0 Å². The molecule has 6 nitrogen and oxygen atoms in total. The van der Waals surface area contributed by atoms with Gasteiger partial charge in [0, 0.05) is 23.3 Å². The molecule has 2 unspecified atom stereocenters. The van der Waals surface area contributed by atoms with Crippen LogP contribution in [0.1, 0.15) is 25.7 Å². The average Bonchev–Trinajstić information content (AvgIpc) is 3.03. The molecule has 124 valence electrons. The average molecular weight is 327 g/mol. The highest BCUT2D eigenvalue weighted by molar-refractivity contribution is 5.91. The van der Waals surface area contributed by atoms with Crippen LogP contribution in [-0.2, 0) is 0 Å². The molecule has 3 heterocycles. The Kier molecular flexibility index (Phi) is 3.86. The maximum Gasteiger partial charge on any atom is 0.183 e. The molecular weight excluding hydrogens is 309 g/mol. The first kappa shape index (κ1) is 15.0. The highest BCUT2D eigenvalue weighted by Crippen LogP contribution is 2.27. The van der Waals surface area contributed by atoms with Crippen molar-refractivity contribution in [1.82, 2.24) is 19.9 Å². The number of rotatable bonds is 3. The van der Waals surface area contributed by atoms with Crippen LogP contribution in [0.15, 0.2) is 30.7 Å². The number of aliphatic hydroxyl groups excluding tert-OH is 1. The number of aromatic amines is 1. The Bertz CT molecular complexity index is 865. The van der Waals surface area contributed by atoms with E-state index in [0.717, 1.165) is 48.5 Å². The second-order valence-corrected chi connectivity index (χ2v) is 6.09. The zero-order valence-electron chi connectivity index (χ0n) is 13.0. The lowest BCUT2D eigenvalue weighted by Gasteiger charge is -2.28. The molecule has 3 aromatic rings. The third-order valence-electron chi connectivity index (χ3n) is 4.49. The summed E-state index contributed by atoms with van der Waals surface area (Å²) in [6, 6.07) is 3.57. The number of nitrogens with one attached hydrogen (secondary N) is 2. The van der Waals surface area contributed by atoms with Crippen LogP contribution in [0.2, 0.25) is 0 Å². The highest BCUT2D eigenvalue weighted by Gasteiger charge is 2.24. The maximum atomic E-state index is 14.1. The first-order valence-corrected chi connectivity index (χ1v) is 8.12. The number of aliphatic hydroxyl groups is 1. The smallest absolute Gasteiger partial charge is 0.183 e. The molecule has 7 heteroatoms. The van der Waals surface area contributed by atoms with Crippen molar-refractivity contribution in [2.75, 3.05) is 5.32 Å². The Morgan fingerprint density at radius 1 is 1.25 bits per heavy atom. The normalized spacial score (nSPS) is 21.1. The van der Waals surface area contributed by atoms with Crippen LogP contribution in [0.3, 0.4) is 0 Å². The zero-order valence-corrected chi connectivity index (χ0v) is 13.0. The number of H-pyrrole nitrogens is 1. The maximum absolute atomic E-state index is 14.1. The molecule has 0 bridgehead atoms. The molecule has 0 aliphatic heterocycles. The molecule has 1 aliphatic carbocycles. The van der Waals surface area contributed by atoms with Crippen LogP contribution in [0, 0.1) is 5.82 Å². The molecule has 1 saturated carbocycles. The van der Waals surface area contributed by atoms with Gasteiger partial charge in [0.05, 0.1) is 18.3 Å². The predicted molar refractivity (Wildman–Crippen MR) is 89.0 cm³/mol. The third kappa shape index (κ3) is 2.71. The second kappa shape index (κ2) is 6.16. The Labute approximate surface area is 138 Å². The van der Waals surface area contributed by atoms with Gasteiger partial charge in [-0.1, -0.05) is 12.8 Å². The molecule has 1 fully saturated rings. The van der Waals surface area contributed by atoms with E-state index in [9.17, 15) is 9.50 Å². The van der Waals surface area contributed by atoms with Crippen molar-refractivity contribution in [3.63, 3.8) is 0 Å². The van der Waals surface area contributed by atoms with Gasteiger partial charge in [-0.25, -0.2) is 19.3 Å². The number of hydrogen-bond donors (Lipinski definition) is 3. The zero-order chi connectivity index (χ0) is 16.5. The van der Waals surface area contributed by atoms with Gasteiger partial charge < -0.3 is 15.4 Å². The molecule has 0 amide bonds. The molecule has 0 spiro atoms. The summed E-state index contributed by atoms with van der Waals surface area (Å²) in [5.74, 6) is 0.0297. The van der Waals surface area contributed by atoms with Crippen molar-refractivity contribution < 1.29 is 9.50 Å². The Morgan fingerprint density at radius 2 is 2.12 bits per heavy atom. The lowest BCUT2D eigenvalue weighted by Crippen LogP contribution is -2.36. The summed E-state index contributed by atoms with van der Waals surface area (Å²) in [6.07, 6.45) is 7.70. The van der Waals surface area contributed by atoms with E-state index in [2.05, 4.69) is 25.3 Å². The van der Waals surface area contributed by atoms with Crippen molar-refractivity contribution in [2.24, 2.45) is 0 Å². The van der Waals surface area contributed by atoms with Crippen molar-refractivity contribution in [3.8, 4) is 11.4 Å². The minimum atomic E-state index is -0.519. The van der Waals surface area contributed by atoms with Crippen LogP contribution in [0.4, 0.5) is 10.2 Å². The molecule has 1 aliphatic rings. The summed E-state index contributed by atoms with van der Waals surface area (Å²) < 4.78 is 14.1. The van der Waals surface area contributed by atoms with Gasteiger partial charge in [0.25, 0.3) is 0 Å². The topological polar surface area (TPSA) is 86.7 Å². The fraction of sp³-hybridized carbons (Fsp3) is 0.353. The number of anilines is 1. The van der Waals surface area contributed by atoms with Crippen LogP contribution >= 0.6 is 0 Å². The quantitative estimate of drug-likeness (QED) is 0.688. The lowest BCUT2D eigenvalue weighted by atomic mass is 9.92. The molecule has 3 aromatic heterocycles. The predicted octanol–water partition coefficient (Wildman–Crippen LogP) is 2.87. The molecule has 0 radical (unpaired) electrons. The molecule has 3 N–H and O–H groups in total. The van der Waals surface area contributed by atoms with Crippen molar-refractivity contribution in [2.45, 2.75) is 37.8 Å². The van der Waals surface area contributed by atoms with E-state index in [4.69, 9.17) is 0 Å². The summed E-state index contributed by atoms with van der Waals surface area (Å²) in [7, 11) is 0. The van der Waals surface area contributed by atoms with Crippen molar-refractivity contribution in [3.05, 3.63) is 36.5 Å². The number of aromatic nitrogens is 4. The first-order valence-electron chi connectivity index (χ1n) is 8.12. The third-order valence-corrected chi connectivity index (χ3v) is 4.49. The van der Waals surface area contributed by atoms with Gasteiger partial charge in [0.2, 0.25) is 0 Å². The number of pyridine rings is 1. The number of hydrogen-bond acceptors (Lipinski definition) is 5. The molecule has 0 saturated heterocycles. The van der Waals surface area contributed by atoms with Gasteiger partial charge in [-0.05, 0) is 25.0 Å². The van der Waals surface area contributed by atoms with Gasteiger partial charge in [0.1, 0.15) is 5.65 Å². The van der Waals surface area contributed by atoms with E-state index in [1.165, 1.54) is 0 Å². The molecule has 24 heavy (non-hydrogen) atoms. The van der Waals surface area contributed by atoms with Crippen LogP contribution < -0.4 is 5.32 Å². The van der Waals surface area contributed by atoms with Gasteiger partial charge in [0.15, 0.2) is 17.5 Å². The first-order chi connectivity index (χ1) is 11.7. The van der Waals surface area contributed by atoms with E-state index < -0.39 is 11.9 Å². The standard InChI is InChI=1S/C17H18FN5O/c18-12-9-21-16(11-8-20-15-10(11)4-3-7-19-15)23-17(12)22-13-5-1-2-6-14(13)24/h3-4,7-9,13-14,24H,1-2,5-6H2,(H,19,20)(H,21,22,23). The fourth-order valence-electron chi connectivity index (χ4n) is 3.19. The SMILES string of the molecule is OC1CCCCC1Nc1nc(-c2c[nH]c3ncccc23)ncc1F. The Morgan fingerprint density at radius 3 is 3.00 bits per heavy atom. The number of nitrogens with zero attached hydrogens (tertiary/aromatic N) is 3. The Hall–Kier alpha value is -2.54. The summed E-state index contributed by atoms with van der Waals surface area (Å²) in [5, 5.41) is 14.0. The van der Waals surface area contributed by atoms with E-state index in [-0.39, 0.29) is 11.9 Å². The van der Waals surface area contributed by atoms with E-state index >= 15 is 0 Å². The lowest BCUT2D eigenvalue weighted by molar-refractivity contribution is 0.116. The van der Waals surface area contributed by atoms with Crippen LogP contribution in [0.25, 0.3) is 22.4 Å². The molecular formula is C17H18FN5O. The molecule has 2 atom stereocenters. The summed E-state index contributed by atoms with van der Waals surface area (Å²) >= 11 is 0. The molecule has 0 aromatic carbocycles. The summed E-state index contributed by atoms with van der Waals surface area (Å²) in [4.78, 5) is 15.7. The minimum Gasteiger partial charge on any atom is -0.391 e. The largest absolute Gasteiger partial charge is 0.391 e. The van der Waals surface area contributed by atoms with Gasteiger partial charge in [-0.3, -0.25) is 0 Å². The second-order valence-electron chi connectivity index (χ2n) is 6.09. The van der Waals surface area contributed by atoms with E-state index in [1.54, 1.807) is 12.4 Å². The fourth-order valence-corrected chi connectivity index (χ4v) is 3.19. The summed E-state index contributed by atoms with van der Waals surface area (Å²) in [5.41, 5.74) is 1.50. The summed E-state index contributed by atoms with van der Waals surface area (Å²) in [6.45, 7) is 0. The van der Waals surface area contributed by atoms with Crippen LogP contribution in [-0.4, -0.2) is 37.2 Å². The van der Waals surface area contributed by atoms with Gasteiger partial charge >= 0.3 is 0 Å². The van der Waals surface area contributed by atoms with Gasteiger partial charge in [-0.2, -0.15) is 0 Å². The number of halogens is 1. The van der Waals surface area contributed by atoms with Crippen LogP contribution in [0.5, 0.6) is 0 Å². The Balaban J connectivity index is 1.68.